The summed E-state index contributed by atoms with van der Waals surface area (Å²) in [6.45, 7) is 4.60. The number of ether oxygens (including phenoxy) is 2. The average Bonchev–Trinajstić information content (AvgIpc) is 2.96. The Labute approximate surface area is 121 Å². The molecule has 0 aromatic carbocycles. The number of amides is 1. The topological polar surface area (TPSA) is 90.6 Å². The van der Waals surface area contributed by atoms with E-state index in [9.17, 15) is 9.59 Å². The zero-order chi connectivity index (χ0) is 14.7. The van der Waals surface area contributed by atoms with Crippen LogP contribution in [0.3, 0.4) is 0 Å². The van der Waals surface area contributed by atoms with Crippen molar-refractivity contribution in [2.45, 2.75) is 19.9 Å². The van der Waals surface area contributed by atoms with Gasteiger partial charge in [-0.25, -0.2) is 4.79 Å². The lowest BCUT2D eigenvalue weighted by Gasteiger charge is -2.13. The Kier molecular flexibility index (Phi) is 4.74. The van der Waals surface area contributed by atoms with Gasteiger partial charge in [-0.2, -0.15) is 0 Å². The van der Waals surface area contributed by atoms with E-state index in [4.69, 9.17) is 15.2 Å². The molecule has 1 aliphatic heterocycles. The van der Waals surface area contributed by atoms with Gasteiger partial charge in [0.1, 0.15) is 5.00 Å². The van der Waals surface area contributed by atoms with E-state index in [-0.39, 0.29) is 17.9 Å². The van der Waals surface area contributed by atoms with Crippen molar-refractivity contribution in [3.8, 4) is 0 Å². The third-order valence-corrected chi connectivity index (χ3v) is 4.01. The number of aryl methyl sites for hydroxylation is 1. The van der Waals surface area contributed by atoms with Gasteiger partial charge in [-0.05, 0) is 19.9 Å². The van der Waals surface area contributed by atoms with Crippen molar-refractivity contribution >= 4 is 28.2 Å². The lowest BCUT2D eigenvalue weighted by atomic mass is 10.0. The Hall–Kier alpha value is -1.44. The molecule has 1 aromatic rings. The van der Waals surface area contributed by atoms with Gasteiger partial charge in [0.25, 0.3) is 0 Å². The van der Waals surface area contributed by atoms with Crippen LogP contribution in [0.1, 0.15) is 22.2 Å². The van der Waals surface area contributed by atoms with Crippen LogP contribution in [0.5, 0.6) is 0 Å². The fourth-order valence-corrected chi connectivity index (χ4v) is 2.92. The van der Waals surface area contributed by atoms with Crippen LogP contribution < -0.4 is 11.1 Å². The highest BCUT2D eigenvalue weighted by Crippen LogP contribution is 2.29. The Morgan fingerprint density at radius 1 is 1.55 bits per heavy atom. The molecular formula is C13H18N2O4S. The summed E-state index contributed by atoms with van der Waals surface area (Å²) in [6.07, 6.45) is 0. The number of carbonyl (C=O) groups excluding carboxylic acids is 2. The van der Waals surface area contributed by atoms with Crippen LogP contribution >= 0.6 is 11.3 Å². The number of carbonyl (C=O) groups is 2. The predicted octanol–water partition coefficient (Wildman–Crippen LogP) is 1.15. The molecule has 1 aliphatic rings. The van der Waals surface area contributed by atoms with Crippen molar-refractivity contribution in [1.82, 2.24) is 0 Å². The molecule has 6 nitrogen and oxygen atoms in total. The van der Waals surface area contributed by atoms with Crippen molar-refractivity contribution in [1.29, 1.82) is 0 Å². The summed E-state index contributed by atoms with van der Waals surface area (Å²) >= 11 is 1.34. The van der Waals surface area contributed by atoms with Crippen molar-refractivity contribution in [3.05, 3.63) is 16.5 Å². The Balaban J connectivity index is 2.12. The van der Waals surface area contributed by atoms with Crippen LogP contribution in [0.25, 0.3) is 0 Å². The quantitative estimate of drug-likeness (QED) is 0.814. The molecule has 0 radical (unpaired) electrons. The number of rotatable bonds is 4. The molecule has 0 aliphatic carbocycles. The van der Waals surface area contributed by atoms with Gasteiger partial charge in [0.15, 0.2) is 0 Å². The number of hydrogen-bond acceptors (Lipinski definition) is 6. The SMILES string of the molecule is CCOC(=O)c1cc(C)sc1NC(=O)C1COCC1N. The molecular weight excluding hydrogens is 280 g/mol. The van der Waals surface area contributed by atoms with Crippen LogP contribution in [0, 0.1) is 12.8 Å². The van der Waals surface area contributed by atoms with Gasteiger partial charge in [0.05, 0.1) is 31.3 Å². The first-order valence-electron chi connectivity index (χ1n) is 6.44. The number of hydrogen-bond donors (Lipinski definition) is 2. The van der Waals surface area contributed by atoms with Crippen LogP contribution in [0.4, 0.5) is 5.00 Å². The molecule has 2 atom stereocenters. The van der Waals surface area contributed by atoms with Crippen molar-refractivity contribution in [2.24, 2.45) is 11.7 Å². The van der Waals surface area contributed by atoms with Crippen molar-refractivity contribution in [2.75, 3.05) is 25.1 Å². The standard InChI is InChI=1S/C13H18N2O4S/c1-3-19-13(17)8-4-7(2)20-12(8)15-11(16)9-5-18-6-10(9)14/h4,9-10H,3,5-6,14H2,1-2H3,(H,15,16). The number of esters is 1. The molecule has 0 spiro atoms. The van der Waals surface area contributed by atoms with Gasteiger partial charge < -0.3 is 20.5 Å². The second-order valence-electron chi connectivity index (χ2n) is 4.62. The summed E-state index contributed by atoms with van der Waals surface area (Å²) in [5.74, 6) is -1.03. The largest absolute Gasteiger partial charge is 0.462 e. The summed E-state index contributed by atoms with van der Waals surface area (Å²) in [6, 6.07) is 1.41. The zero-order valence-corrected chi connectivity index (χ0v) is 12.3. The van der Waals surface area contributed by atoms with Crippen molar-refractivity contribution < 1.29 is 19.1 Å². The number of nitrogens with one attached hydrogen (secondary N) is 1. The Bertz CT molecular complexity index is 514. The van der Waals surface area contributed by atoms with Gasteiger partial charge in [0.2, 0.25) is 5.91 Å². The molecule has 0 saturated carbocycles. The zero-order valence-electron chi connectivity index (χ0n) is 11.5. The van der Waals surface area contributed by atoms with E-state index in [0.29, 0.717) is 30.4 Å². The average molecular weight is 298 g/mol. The third kappa shape index (κ3) is 3.17. The molecule has 2 heterocycles. The maximum absolute atomic E-state index is 12.2. The lowest BCUT2D eigenvalue weighted by molar-refractivity contribution is -0.120. The highest BCUT2D eigenvalue weighted by Gasteiger charge is 2.32. The fraction of sp³-hybridized carbons (Fsp3) is 0.538. The van der Waals surface area contributed by atoms with E-state index in [1.54, 1.807) is 13.0 Å². The first kappa shape index (κ1) is 15.0. The smallest absolute Gasteiger partial charge is 0.341 e. The van der Waals surface area contributed by atoms with Crippen LogP contribution in [-0.4, -0.2) is 37.7 Å². The summed E-state index contributed by atoms with van der Waals surface area (Å²) in [4.78, 5) is 24.9. The normalized spacial score (nSPS) is 21.8. The van der Waals surface area contributed by atoms with E-state index >= 15 is 0 Å². The van der Waals surface area contributed by atoms with E-state index in [1.165, 1.54) is 11.3 Å². The fourth-order valence-electron chi connectivity index (χ4n) is 2.01. The summed E-state index contributed by atoms with van der Waals surface area (Å²) in [7, 11) is 0. The number of nitrogens with two attached hydrogens (primary N) is 1. The summed E-state index contributed by atoms with van der Waals surface area (Å²) in [5, 5.41) is 3.27. The van der Waals surface area contributed by atoms with Gasteiger partial charge >= 0.3 is 5.97 Å². The maximum atomic E-state index is 12.2. The molecule has 20 heavy (non-hydrogen) atoms. The molecule has 1 amide bonds. The molecule has 1 fully saturated rings. The van der Waals surface area contributed by atoms with Crippen LogP contribution in [0.15, 0.2) is 6.07 Å². The molecule has 3 N–H and O–H groups in total. The highest BCUT2D eigenvalue weighted by atomic mass is 32.1. The minimum atomic E-state index is -0.431. The second kappa shape index (κ2) is 6.34. The number of thiophene rings is 1. The Morgan fingerprint density at radius 3 is 2.90 bits per heavy atom. The molecule has 0 bridgehead atoms. The van der Waals surface area contributed by atoms with Crippen molar-refractivity contribution in [3.63, 3.8) is 0 Å². The first-order chi connectivity index (χ1) is 9.52. The monoisotopic (exact) mass is 298 g/mol. The first-order valence-corrected chi connectivity index (χ1v) is 7.26. The predicted molar refractivity (Wildman–Crippen MR) is 75.9 cm³/mol. The molecule has 2 unspecified atom stereocenters. The molecule has 7 heteroatoms. The third-order valence-electron chi connectivity index (χ3n) is 3.05. The van der Waals surface area contributed by atoms with E-state index in [0.717, 1.165) is 4.88 Å². The minimum absolute atomic E-state index is 0.220. The number of anilines is 1. The second-order valence-corrected chi connectivity index (χ2v) is 5.87. The summed E-state index contributed by atoms with van der Waals surface area (Å²) in [5.41, 5.74) is 6.19. The molecule has 1 saturated heterocycles. The minimum Gasteiger partial charge on any atom is -0.462 e. The lowest BCUT2D eigenvalue weighted by Crippen LogP contribution is -2.37. The van der Waals surface area contributed by atoms with Gasteiger partial charge in [-0.15, -0.1) is 11.3 Å². The highest BCUT2D eigenvalue weighted by molar-refractivity contribution is 7.16. The maximum Gasteiger partial charge on any atom is 0.341 e. The van der Waals surface area contributed by atoms with Gasteiger partial charge in [-0.3, -0.25) is 4.79 Å². The molecule has 2 rings (SSSR count). The van der Waals surface area contributed by atoms with Gasteiger partial charge in [0, 0.05) is 10.9 Å². The van der Waals surface area contributed by atoms with Crippen LogP contribution in [-0.2, 0) is 14.3 Å². The van der Waals surface area contributed by atoms with Crippen LogP contribution in [0.2, 0.25) is 0 Å². The van der Waals surface area contributed by atoms with E-state index in [1.807, 2.05) is 6.92 Å². The van der Waals surface area contributed by atoms with E-state index in [2.05, 4.69) is 5.32 Å². The summed E-state index contributed by atoms with van der Waals surface area (Å²) < 4.78 is 10.2. The Morgan fingerprint density at radius 2 is 2.30 bits per heavy atom. The molecule has 1 aromatic heterocycles. The molecule has 110 valence electrons. The van der Waals surface area contributed by atoms with E-state index < -0.39 is 5.97 Å². The van der Waals surface area contributed by atoms with Gasteiger partial charge in [-0.1, -0.05) is 0 Å².